The van der Waals surface area contributed by atoms with Crippen LogP contribution in [0.2, 0.25) is 0 Å². The average molecular weight is 234 g/mol. The summed E-state index contributed by atoms with van der Waals surface area (Å²) >= 11 is 0. The molecule has 0 aromatic heterocycles. The van der Waals surface area contributed by atoms with E-state index < -0.39 is 11.7 Å². The summed E-state index contributed by atoms with van der Waals surface area (Å²) in [4.78, 5) is 11.6. The zero-order valence-electron chi connectivity index (χ0n) is 10.5. The summed E-state index contributed by atoms with van der Waals surface area (Å²) in [5.74, 6) is 0.180. The lowest BCUT2D eigenvalue weighted by atomic mass is 9.87. The van der Waals surface area contributed by atoms with Crippen LogP contribution in [0.4, 0.5) is 0 Å². The third kappa shape index (κ3) is 2.20. The van der Waals surface area contributed by atoms with E-state index in [1.807, 2.05) is 30.3 Å². The van der Waals surface area contributed by atoms with Gasteiger partial charge in [-0.1, -0.05) is 44.2 Å². The minimum Gasteiger partial charge on any atom is -0.467 e. The molecule has 1 heterocycles. The van der Waals surface area contributed by atoms with E-state index in [0.29, 0.717) is 5.92 Å². The standard InChI is InChI=1S/C14H18O3/c1-10(2)9-14(11-7-5-4-6-8-11)12(17-14)13(15)16-3/h4-8,10,12H,9H2,1-3H3. The van der Waals surface area contributed by atoms with Gasteiger partial charge in [-0.15, -0.1) is 0 Å². The summed E-state index contributed by atoms with van der Waals surface area (Å²) in [7, 11) is 1.40. The molecule has 0 N–H and O–H groups in total. The maximum atomic E-state index is 11.6. The maximum absolute atomic E-state index is 11.6. The van der Waals surface area contributed by atoms with Crippen LogP contribution in [0.5, 0.6) is 0 Å². The molecule has 1 aliphatic rings. The number of hydrogen-bond donors (Lipinski definition) is 0. The quantitative estimate of drug-likeness (QED) is 0.593. The number of methoxy groups -OCH3 is 1. The number of benzene rings is 1. The molecule has 1 aromatic rings. The lowest BCUT2D eigenvalue weighted by Crippen LogP contribution is -2.22. The highest BCUT2D eigenvalue weighted by molar-refractivity contribution is 5.79. The van der Waals surface area contributed by atoms with Crippen LogP contribution in [0, 0.1) is 5.92 Å². The predicted octanol–water partition coefficient (Wildman–Crippen LogP) is 2.50. The first kappa shape index (κ1) is 12.1. The topological polar surface area (TPSA) is 38.8 Å². The first-order chi connectivity index (χ1) is 8.10. The van der Waals surface area contributed by atoms with Gasteiger partial charge in [0, 0.05) is 0 Å². The summed E-state index contributed by atoms with van der Waals surface area (Å²) in [5, 5.41) is 0. The predicted molar refractivity (Wildman–Crippen MR) is 64.5 cm³/mol. The van der Waals surface area contributed by atoms with E-state index in [9.17, 15) is 4.79 Å². The van der Waals surface area contributed by atoms with Gasteiger partial charge < -0.3 is 9.47 Å². The van der Waals surface area contributed by atoms with Crippen LogP contribution >= 0.6 is 0 Å². The summed E-state index contributed by atoms with van der Waals surface area (Å²) in [6.45, 7) is 4.25. The van der Waals surface area contributed by atoms with Crippen molar-refractivity contribution in [2.75, 3.05) is 7.11 Å². The molecular formula is C14H18O3. The summed E-state index contributed by atoms with van der Waals surface area (Å²) < 4.78 is 10.4. The summed E-state index contributed by atoms with van der Waals surface area (Å²) in [6.07, 6.45) is 0.383. The van der Waals surface area contributed by atoms with Crippen molar-refractivity contribution >= 4 is 5.97 Å². The first-order valence-corrected chi connectivity index (χ1v) is 5.91. The van der Waals surface area contributed by atoms with Crippen LogP contribution in [-0.2, 0) is 19.9 Å². The second-order valence-electron chi connectivity index (χ2n) is 4.87. The van der Waals surface area contributed by atoms with Gasteiger partial charge >= 0.3 is 5.97 Å². The lowest BCUT2D eigenvalue weighted by molar-refractivity contribution is -0.142. The first-order valence-electron chi connectivity index (χ1n) is 5.91. The monoisotopic (exact) mass is 234 g/mol. The second-order valence-corrected chi connectivity index (χ2v) is 4.87. The minimum atomic E-state index is -0.470. The molecule has 0 bridgehead atoms. The van der Waals surface area contributed by atoms with Gasteiger partial charge in [-0.25, -0.2) is 4.79 Å². The molecule has 3 heteroatoms. The molecule has 17 heavy (non-hydrogen) atoms. The van der Waals surface area contributed by atoms with Crippen molar-refractivity contribution in [2.24, 2.45) is 5.92 Å². The molecule has 92 valence electrons. The number of carbonyl (C=O) groups is 1. The van der Waals surface area contributed by atoms with Gasteiger partial charge in [0.25, 0.3) is 0 Å². The maximum Gasteiger partial charge on any atom is 0.338 e. The fourth-order valence-electron chi connectivity index (χ4n) is 2.34. The van der Waals surface area contributed by atoms with E-state index in [4.69, 9.17) is 9.47 Å². The largest absolute Gasteiger partial charge is 0.467 e. The van der Waals surface area contributed by atoms with Crippen molar-refractivity contribution in [1.82, 2.24) is 0 Å². The Morgan fingerprint density at radius 1 is 1.41 bits per heavy atom. The zero-order chi connectivity index (χ0) is 12.5. The molecule has 2 atom stereocenters. The van der Waals surface area contributed by atoms with E-state index in [1.54, 1.807) is 0 Å². The molecular weight excluding hydrogens is 216 g/mol. The van der Waals surface area contributed by atoms with Gasteiger partial charge in [0.05, 0.1) is 7.11 Å². The van der Waals surface area contributed by atoms with Gasteiger partial charge in [-0.2, -0.15) is 0 Å². The third-order valence-electron chi connectivity index (χ3n) is 3.08. The van der Waals surface area contributed by atoms with Crippen molar-refractivity contribution in [3.8, 4) is 0 Å². The number of esters is 1. The SMILES string of the molecule is COC(=O)C1OC1(CC(C)C)c1ccccc1. The van der Waals surface area contributed by atoms with E-state index in [-0.39, 0.29) is 5.97 Å². The Labute approximate surface area is 102 Å². The van der Waals surface area contributed by atoms with Crippen molar-refractivity contribution < 1.29 is 14.3 Å². The Kier molecular flexibility index (Phi) is 3.20. The number of rotatable bonds is 4. The fourth-order valence-corrected chi connectivity index (χ4v) is 2.34. The molecule has 1 aromatic carbocycles. The fraction of sp³-hybridized carbons (Fsp3) is 0.500. The molecule has 1 aliphatic heterocycles. The Hall–Kier alpha value is -1.35. The number of hydrogen-bond acceptors (Lipinski definition) is 3. The second kappa shape index (κ2) is 4.49. The molecule has 0 amide bonds. The van der Waals surface area contributed by atoms with Gasteiger partial charge in [-0.05, 0) is 17.9 Å². The van der Waals surface area contributed by atoms with Crippen LogP contribution in [0.15, 0.2) is 30.3 Å². The molecule has 1 fully saturated rings. The third-order valence-corrected chi connectivity index (χ3v) is 3.08. The van der Waals surface area contributed by atoms with Crippen molar-refractivity contribution in [3.05, 3.63) is 35.9 Å². The molecule has 0 saturated carbocycles. The molecule has 0 spiro atoms. The van der Waals surface area contributed by atoms with E-state index in [2.05, 4.69) is 13.8 Å². The normalized spacial score (nSPS) is 26.9. The minimum absolute atomic E-state index is 0.283. The Morgan fingerprint density at radius 2 is 2.06 bits per heavy atom. The van der Waals surface area contributed by atoms with E-state index in [1.165, 1.54) is 7.11 Å². The molecule has 2 rings (SSSR count). The van der Waals surface area contributed by atoms with Gasteiger partial charge in [0.1, 0.15) is 5.60 Å². The number of ether oxygens (including phenoxy) is 2. The summed E-state index contributed by atoms with van der Waals surface area (Å²) in [6, 6.07) is 9.90. The van der Waals surface area contributed by atoms with Crippen LogP contribution in [-0.4, -0.2) is 19.2 Å². The lowest BCUT2D eigenvalue weighted by Gasteiger charge is -2.15. The Bertz CT molecular complexity index is 399. The highest BCUT2D eigenvalue weighted by Crippen LogP contribution is 2.51. The van der Waals surface area contributed by atoms with Crippen molar-refractivity contribution in [3.63, 3.8) is 0 Å². The number of epoxide rings is 1. The zero-order valence-corrected chi connectivity index (χ0v) is 10.5. The smallest absolute Gasteiger partial charge is 0.338 e. The average Bonchev–Trinajstić information content (AvgIpc) is 3.04. The highest BCUT2D eigenvalue weighted by Gasteiger charge is 2.62. The Morgan fingerprint density at radius 3 is 2.59 bits per heavy atom. The van der Waals surface area contributed by atoms with Gasteiger partial charge in [0.15, 0.2) is 6.10 Å². The van der Waals surface area contributed by atoms with Crippen LogP contribution in [0.3, 0.4) is 0 Å². The molecule has 0 radical (unpaired) electrons. The molecule has 0 aliphatic carbocycles. The van der Waals surface area contributed by atoms with Crippen molar-refractivity contribution in [1.29, 1.82) is 0 Å². The van der Waals surface area contributed by atoms with Crippen molar-refractivity contribution in [2.45, 2.75) is 32.0 Å². The van der Waals surface area contributed by atoms with E-state index >= 15 is 0 Å². The van der Waals surface area contributed by atoms with Gasteiger partial charge in [-0.3, -0.25) is 0 Å². The van der Waals surface area contributed by atoms with Crippen LogP contribution in [0.1, 0.15) is 25.8 Å². The Balaban J connectivity index is 2.26. The van der Waals surface area contributed by atoms with Crippen LogP contribution < -0.4 is 0 Å². The summed E-state index contributed by atoms with van der Waals surface area (Å²) in [5.41, 5.74) is 0.590. The van der Waals surface area contributed by atoms with E-state index in [0.717, 1.165) is 12.0 Å². The highest BCUT2D eigenvalue weighted by atomic mass is 16.7. The van der Waals surface area contributed by atoms with Crippen LogP contribution in [0.25, 0.3) is 0 Å². The number of carbonyl (C=O) groups excluding carboxylic acids is 1. The molecule has 1 saturated heterocycles. The van der Waals surface area contributed by atoms with Gasteiger partial charge in [0.2, 0.25) is 0 Å². The molecule has 3 nitrogen and oxygen atoms in total. The molecule has 2 unspecified atom stereocenters.